The molecule has 130 valence electrons. The first-order valence-electron chi connectivity index (χ1n) is 8.34. The second-order valence-electron chi connectivity index (χ2n) is 7.24. The van der Waals surface area contributed by atoms with Crippen molar-refractivity contribution in [1.82, 2.24) is 9.36 Å². The van der Waals surface area contributed by atoms with Gasteiger partial charge in [0.05, 0.1) is 13.2 Å². The molecule has 0 radical (unpaired) electrons. The van der Waals surface area contributed by atoms with Gasteiger partial charge in [-0.15, -0.1) is 0 Å². The summed E-state index contributed by atoms with van der Waals surface area (Å²) < 4.78 is 16.0. The number of ether oxygens (including phenoxy) is 2. The standard InChI is InChI=1S/C18H25N3O2S/c1-12-5-6-13(15(9-12)23-14-7-8-22-11-14)10-19-17-20-16(21-24-17)18(2,3)4/h5-6,9,14H,7-8,10-11H2,1-4H3,(H,19,20,21). The number of aromatic nitrogens is 2. The maximum atomic E-state index is 6.14. The third-order valence-electron chi connectivity index (χ3n) is 3.93. The smallest absolute Gasteiger partial charge is 0.202 e. The molecule has 1 saturated heterocycles. The number of nitrogens with zero attached hydrogens (tertiary/aromatic N) is 2. The number of aryl methyl sites for hydroxylation is 1. The molecule has 5 nitrogen and oxygen atoms in total. The summed E-state index contributed by atoms with van der Waals surface area (Å²) in [5, 5.41) is 4.22. The number of nitrogens with one attached hydrogen (secondary N) is 1. The Balaban J connectivity index is 1.69. The second kappa shape index (κ2) is 7.07. The van der Waals surface area contributed by atoms with E-state index in [1.807, 2.05) is 0 Å². The molecule has 1 unspecified atom stereocenters. The lowest BCUT2D eigenvalue weighted by Gasteiger charge is -2.16. The molecule has 1 aliphatic rings. The van der Waals surface area contributed by atoms with Crippen LogP contribution in [0.4, 0.5) is 5.13 Å². The molecule has 1 aromatic heterocycles. The van der Waals surface area contributed by atoms with Crippen LogP contribution in [0, 0.1) is 6.92 Å². The summed E-state index contributed by atoms with van der Waals surface area (Å²) >= 11 is 1.40. The van der Waals surface area contributed by atoms with Gasteiger partial charge in [-0.2, -0.15) is 4.37 Å². The zero-order valence-electron chi connectivity index (χ0n) is 14.8. The van der Waals surface area contributed by atoms with Crippen molar-refractivity contribution in [2.75, 3.05) is 18.5 Å². The lowest BCUT2D eigenvalue weighted by Crippen LogP contribution is -2.17. The van der Waals surface area contributed by atoms with Crippen LogP contribution in [0.3, 0.4) is 0 Å². The minimum absolute atomic E-state index is 0.0307. The van der Waals surface area contributed by atoms with Crippen LogP contribution in [-0.4, -0.2) is 28.7 Å². The molecule has 0 spiro atoms. The molecule has 1 N–H and O–H groups in total. The molecule has 0 bridgehead atoms. The fourth-order valence-corrected chi connectivity index (χ4v) is 3.23. The normalized spacial score (nSPS) is 17.9. The average Bonchev–Trinajstić information content (AvgIpc) is 3.17. The Labute approximate surface area is 147 Å². The summed E-state index contributed by atoms with van der Waals surface area (Å²) in [6.07, 6.45) is 1.10. The third kappa shape index (κ3) is 4.24. The van der Waals surface area contributed by atoms with Crippen LogP contribution in [0.1, 0.15) is 44.1 Å². The molecule has 2 heterocycles. The summed E-state index contributed by atoms with van der Waals surface area (Å²) in [6.45, 7) is 10.6. The Kier molecular flexibility index (Phi) is 5.06. The van der Waals surface area contributed by atoms with Gasteiger partial charge in [0.1, 0.15) is 17.7 Å². The number of hydrogen-bond acceptors (Lipinski definition) is 6. The largest absolute Gasteiger partial charge is 0.488 e. The summed E-state index contributed by atoms with van der Waals surface area (Å²) in [5.41, 5.74) is 2.29. The van der Waals surface area contributed by atoms with Crippen molar-refractivity contribution in [2.45, 2.75) is 52.2 Å². The Bertz CT molecular complexity index is 688. The molecule has 6 heteroatoms. The average molecular weight is 347 g/mol. The highest BCUT2D eigenvalue weighted by Crippen LogP contribution is 2.26. The number of rotatable bonds is 5. The first-order valence-corrected chi connectivity index (χ1v) is 9.11. The molecule has 3 rings (SSSR count). The minimum atomic E-state index is -0.0307. The summed E-state index contributed by atoms with van der Waals surface area (Å²) in [7, 11) is 0. The van der Waals surface area contributed by atoms with Crippen molar-refractivity contribution in [3.63, 3.8) is 0 Å². The lowest BCUT2D eigenvalue weighted by molar-refractivity contribution is 0.140. The van der Waals surface area contributed by atoms with Crippen molar-refractivity contribution in [3.8, 4) is 5.75 Å². The quantitative estimate of drug-likeness (QED) is 0.888. The minimum Gasteiger partial charge on any atom is -0.488 e. The van der Waals surface area contributed by atoms with Gasteiger partial charge < -0.3 is 14.8 Å². The SMILES string of the molecule is Cc1ccc(CNc2nc(C(C)(C)C)ns2)c(OC2CCOC2)c1. The van der Waals surface area contributed by atoms with E-state index in [-0.39, 0.29) is 11.5 Å². The third-order valence-corrected chi connectivity index (χ3v) is 4.60. The van der Waals surface area contributed by atoms with Crippen LogP contribution in [-0.2, 0) is 16.7 Å². The predicted molar refractivity (Wildman–Crippen MR) is 97.0 cm³/mol. The first-order chi connectivity index (χ1) is 11.4. The maximum Gasteiger partial charge on any atom is 0.202 e. The van der Waals surface area contributed by atoms with Crippen molar-refractivity contribution >= 4 is 16.7 Å². The molecule has 0 saturated carbocycles. The molecule has 0 amide bonds. The Morgan fingerprint density at radius 3 is 2.88 bits per heavy atom. The van der Waals surface area contributed by atoms with Crippen LogP contribution in [0.2, 0.25) is 0 Å². The molecule has 0 aliphatic carbocycles. The summed E-state index contributed by atoms with van der Waals surface area (Å²) in [6, 6.07) is 6.31. The molecule has 1 aliphatic heterocycles. The van der Waals surface area contributed by atoms with Gasteiger partial charge >= 0.3 is 0 Å². The summed E-state index contributed by atoms with van der Waals surface area (Å²) in [5.74, 6) is 1.80. The van der Waals surface area contributed by atoms with E-state index in [9.17, 15) is 0 Å². The van der Waals surface area contributed by atoms with Crippen LogP contribution >= 0.6 is 11.5 Å². The fourth-order valence-electron chi connectivity index (χ4n) is 2.47. The first kappa shape index (κ1) is 17.2. The number of hydrogen-bond donors (Lipinski definition) is 1. The van der Waals surface area contributed by atoms with Crippen molar-refractivity contribution in [2.24, 2.45) is 0 Å². The van der Waals surface area contributed by atoms with E-state index in [1.165, 1.54) is 17.1 Å². The van der Waals surface area contributed by atoms with Gasteiger partial charge in [-0.05, 0) is 18.6 Å². The van der Waals surface area contributed by atoms with Gasteiger partial charge in [0.2, 0.25) is 5.13 Å². The maximum absolute atomic E-state index is 6.14. The van der Waals surface area contributed by atoms with Crippen LogP contribution < -0.4 is 10.1 Å². The van der Waals surface area contributed by atoms with Gasteiger partial charge in [0.25, 0.3) is 0 Å². The van der Waals surface area contributed by atoms with E-state index in [1.54, 1.807) is 0 Å². The topological polar surface area (TPSA) is 56.3 Å². The van der Waals surface area contributed by atoms with E-state index >= 15 is 0 Å². The zero-order chi connectivity index (χ0) is 17.2. The van der Waals surface area contributed by atoms with E-state index in [4.69, 9.17) is 9.47 Å². The monoisotopic (exact) mass is 347 g/mol. The highest BCUT2D eigenvalue weighted by molar-refractivity contribution is 7.09. The van der Waals surface area contributed by atoms with E-state index in [2.05, 4.69) is 60.6 Å². The Hall–Kier alpha value is -1.66. The van der Waals surface area contributed by atoms with Crippen LogP contribution in [0.25, 0.3) is 0 Å². The highest BCUT2D eigenvalue weighted by atomic mass is 32.1. The van der Waals surface area contributed by atoms with Gasteiger partial charge in [0.15, 0.2) is 0 Å². The molecule has 24 heavy (non-hydrogen) atoms. The molecule has 1 aromatic carbocycles. The zero-order valence-corrected chi connectivity index (χ0v) is 15.6. The number of benzene rings is 1. The molecule has 1 fully saturated rings. The van der Waals surface area contributed by atoms with Gasteiger partial charge in [-0.25, -0.2) is 4.98 Å². The van der Waals surface area contributed by atoms with Gasteiger partial charge in [-0.1, -0.05) is 32.9 Å². The molecular formula is C18H25N3O2S. The van der Waals surface area contributed by atoms with Crippen molar-refractivity contribution in [1.29, 1.82) is 0 Å². The Morgan fingerprint density at radius 1 is 1.38 bits per heavy atom. The fraction of sp³-hybridized carbons (Fsp3) is 0.556. The van der Waals surface area contributed by atoms with E-state index < -0.39 is 0 Å². The molecule has 2 aromatic rings. The Morgan fingerprint density at radius 2 is 2.21 bits per heavy atom. The second-order valence-corrected chi connectivity index (χ2v) is 7.99. The van der Waals surface area contributed by atoms with Gasteiger partial charge in [-0.3, -0.25) is 0 Å². The van der Waals surface area contributed by atoms with Crippen molar-refractivity contribution < 1.29 is 9.47 Å². The van der Waals surface area contributed by atoms with Crippen LogP contribution in [0.5, 0.6) is 5.75 Å². The molecule has 1 atom stereocenters. The van der Waals surface area contributed by atoms with Gasteiger partial charge in [0, 0.05) is 35.5 Å². The van der Waals surface area contributed by atoms with Crippen LogP contribution in [0.15, 0.2) is 18.2 Å². The predicted octanol–water partition coefficient (Wildman–Crippen LogP) is 3.92. The number of anilines is 1. The van der Waals surface area contributed by atoms with E-state index in [0.717, 1.165) is 35.3 Å². The summed E-state index contributed by atoms with van der Waals surface area (Å²) in [4.78, 5) is 4.58. The van der Waals surface area contributed by atoms with E-state index in [0.29, 0.717) is 13.2 Å². The highest BCUT2D eigenvalue weighted by Gasteiger charge is 2.20. The van der Waals surface area contributed by atoms with Crippen molar-refractivity contribution in [3.05, 3.63) is 35.2 Å². The lowest BCUT2D eigenvalue weighted by atomic mass is 9.96. The molecular weight excluding hydrogens is 322 g/mol.